The first-order valence-corrected chi connectivity index (χ1v) is 7.11. The van der Waals surface area contributed by atoms with Crippen molar-refractivity contribution >= 4 is 17.5 Å². The molecule has 1 heterocycles. The molecule has 0 aliphatic carbocycles. The minimum absolute atomic E-state index is 0.000417. The van der Waals surface area contributed by atoms with Crippen molar-refractivity contribution in [3.05, 3.63) is 29.8 Å². The molecular formula is C16H22N2O2. The summed E-state index contributed by atoms with van der Waals surface area (Å²) in [5.41, 5.74) is 2.03. The lowest BCUT2D eigenvalue weighted by atomic mass is 10.1. The lowest BCUT2D eigenvalue weighted by Crippen LogP contribution is -2.58. The molecule has 1 atom stereocenters. The number of piperazine rings is 1. The molecule has 0 spiro atoms. The number of anilines is 1. The Balaban J connectivity index is 2.22. The van der Waals surface area contributed by atoms with E-state index in [1.54, 1.807) is 9.80 Å². The molecule has 2 rings (SSSR count). The molecule has 0 aromatic heterocycles. The van der Waals surface area contributed by atoms with E-state index in [0.29, 0.717) is 13.1 Å². The predicted molar refractivity (Wildman–Crippen MR) is 79.5 cm³/mol. The van der Waals surface area contributed by atoms with Gasteiger partial charge >= 0.3 is 0 Å². The Kier molecular flexibility index (Phi) is 4.12. The number of rotatable bonds is 2. The number of hydrogen-bond donors (Lipinski definition) is 0. The molecule has 1 saturated heterocycles. The summed E-state index contributed by atoms with van der Waals surface area (Å²) in [6, 6.07) is 7.47. The van der Waals surface area contributed by atoms with Gasteiger partial charge in [0.15, 0.2) is 0 Å². The molecule has 1 aliphatic rings. The van der Waals surface area contributed by atoms with Gasteiger partial charge in [0.1, 0.15) is 6.04 Å². The van der Waals surface area contributed by atoms with Gasteiger partial charge < -0.3 is 9.80 Å². The summed E-state index contributed by atoms with van der Waals surface area (Å²) in [7, 11) is 0. The average molecular weight is 274 g/mol. The summed E-state index contributed by atoms with van der Waals surface area (Å²) in [5, 5.41) is 0. The van der Waals surface area contributed by atoms with Crippen LogP contribution in [0.2, 0.25) is 0 Å². The third-order valence-corrected chi connectivity index (χ3v) is 3.84. The highest BCUT2D eigenvalue weighted by Gasteiger charge is 2.35. The van der Waals surface area contributed by atoms with Gasteiger partial charge in [-0.1, -0.05) is 32.0 Å². The van der Waals surface area contributed by atoms with Crippen molar-refractivity contribution in [3.63, 3.8) is 0 Å². The maximum Gasteiger partial charge on any atom is 0.249 e. The monoisotopic (exact) mass is 274 g/mol. The number of nitrogens with zero attached hydrogens (tertiary/aromatic N) is 2. The zero-order valence-electron chi connectivity index (χ0n) is 12.6. The number of para-hydroxylation sites is 1. The van der Waals surface area contributed by atoms with Gasteiger partial charge in [-0.05, 0) is 25.5 Å². The Bertz CT molecular complexity index is 525. The molecule has 1 aromatic rings. The van der Waals surface area contributed by atoms with Crippen LogP contribution in [-0.2, 0) is 9.59 Å². The highest BCUT2D eigenvalue weighted by molar-refractivity contribution is 6.00. The number of hydrogen-bond acceptors (Lipinski definition) is 2. The highest BCUT2D eigenvalue weighted by Crippen LogP contribution is 2.24. The van der Waals surface area contributed by atoms with Gasteiger partial charge in [0.25, 0.3) is 0 Å². The first-order chi connectivity index (χ1) is 9.43. The normalized spacial score (nSPS) is 19.6. The molecule has 1 aliphatic heterocycles. The van der Waals surface area contributed by atoms with Gasteiger partial charge in [-0.3, -0.25) is 9.59 Å². The fourth-order valence-electron chi connectivity index (χ4n) is 2.61. The van der Waals surface area contributed by atoms with E-state index in [9.17, 15) is 9.59 Å². The van der Waals surface area contributed by atoms with Gasteiger partial charge in [-0.2, -0.15) is 0 Å². The molecule has 0 saturated carbocycles. The Hall–Kier alpha value is -1.84. The number of carbonyl (C=O) groups excluding carboxylic acids is 2. The summed E-state index contributed by atoms with van der Waals surface area (Å²) < 4.78 is 0. The first-order valence-electron chi connectivity index (χ1n) is 7.11. The van der Waals surface area contributed by atoms with E-state index in [1.165, 1.54) is 0 Å². The van der Waals surface area contributed by atoms with Crippen LogP contribution in [0, 0.1) is 12.8 Å². The van der Waals surface area contributed by atoms with E-state index < -0.39 is 6.04 Å². The van der Waals surface area contributed by atoms with Gasteiger partial charge in [0.2, 0.25) is 11.8 Å². The second kappa shape index (κ2) is 5.65. The molecule has 2 amide bonds. The van der Waals surface area contributed by atoms with Crippen molar-refractivity contribution in [2.24, 2.45) is 5.92 Å². The van der Waals surface area contributed by atoms with Crippen molar-refractivity contribution in [3.8, 4) is 0 Å². The Morgan fingerprint density at radius 1 is 1.25 bits per heavy atom. The molecule has 1 fully saturated rings. The number of carbonyl (C=O) groups is 2. The molecule has 0 N–H and O–H groups in total. The van der Waals surface area contributed by atoms with Crippen molar-refractivity contribution in [1.29, 1.82) is 0 Å². The van der Waals surface area contributed by atoms with E-state index in [-0.39, 0.29) is 17.7 Å². The Morgan fingerprint density at radius 3 is 2.50 bits per heavy atom. The summed E-state index contributed by atoms with van der Waals surface area (Å²) in [6.45, 7) is 8.71. The molecule has 4 heteroatoms. The summed E-state index contributed by atoms with van der Waals surface area (Å²) in [6.07, 6.45) is 0. The van der Waals surface area contributed by atoms with E-state index in [1.807, 2.05) is 52.0 Å². The summed E-state index contributed by atoms with van der Waals surface area (Å²) in [4.78, 5) is 28.2. The third kappa shape index (κ3) is 2.55. The highest BCUT2D eigenvalue weighted by atomic mass is 16.2. The van der Waals surface area contributed by atoms with Crippen LogP contribution in [0.1, 0.15) is 26.3 Å². The van der Waals surface area contributed by atoms with Crippen LogP contribution in [0.3, 0.4) is 0 Å². The van der Waals surface area contributed by atoms with E-state index in [2.05, 4.69) is 0 Å². The second-order valence-electron chi connectivity index (χ2n) is 5.64. The Labute approximate surface area is 120 Å². The van der Waals surface area contributed by atoms with Crippen molar-refractivity contribution in [2.45, 2.75) is 33.7 Å². The molecule has 0 bridgehead atoms. The quantitative estimate of drug-likeness (QED) is 0.829. The van der Waals surface area contributed by atoms with E-state index in [4.69, 9.17) is 0 Å². The molecule has 20 heavy (non-hydrogen) atoms. The lowest BCUT2D eigenvalue weighted by molar-refractivity contribution is -0.143. The molecule has 1 aromatic carbocycles. The van der Waals surface area contributed by atoms with Gasteiger partial charge in [0, 0.05) is 24.7 Å². The SMILES string of the molecule is Cc1ccccc1N1CCN(C(=O)C(C)C)[C@H](C)C1=O. The van der Waals surface area contributed by atoms with Gasteiger partial charge in [0.05, 0.1) is 0 Å². The van der Waals surface area contributed by atoms with Crippen LogP contribution in [0.4, 0.5) is 5.69 Å². The van der Waals surface area contributed by atoms with Gasteiger partial charge in [-0.15, -0.1) is 0 Å². The number of amides is 2. The van der Waals surface area contributed by atoms with Crippen molar-refractivity contribution < 1.29 is 9.59 Å². The molecule has 0 radical (unpaired) electrons. The van der Waals surface area contributed by atoms with Crippen LogP contribution in [-0.4, -0.2) is 35.8 Å². The minimum atomic E-state index is -0.391. The molecule has 0 unspecified atom stereocenters. The zero-order valence-corrected chi connectivity index (χ0v) is 12.6. The van der Waals surface area contributed by atoms with E-state index >= 15 is 0 Å². The van der Waals surface area contributed by atoms with Crippen LogP contribution >= 0.6 is 0 Å². The lowest BCUT2D eigenvalue weighted by Gasteiger charge is -2.40. The topological polar surface area (TPSA) is 40.6 Å². The first kappa shape index (κ1) is 14.6. The van der Waals surface area contributed by atoms with Gasteiger partial charge in [-0.25, -0.2) is 0 Å². The fraction of sp³-hybridized carbons (Fsp3) is 0.500. The largest absolute Gasteiger partial charge is 0.329 e. The van der Waals surface area contributed by atoms with Crippen LogP contribution in [0.15, 0.2) is 24.3 Å². The Morgan fingerprint density at radius 2 is 1.90 bits per heavy atom. The predicted octanol–water partition coefficient (Wildman–Crippen LogP) is 2.21. The average Bonchev–Trinajstić information content (AvgIpc) is 2.42. The van der Waals surface area contributed by atoms with Crippen molar-refractivity contribution in [2.75, 3.05) is 18.0 Å². The third-order valence-electron chi connectivity index (χ3n) is 3.84. The number of aryl methyl sites for hydroxylation is 1. The van der Waals surface area contributed by atoms with E-state index in [0.717, 1.165) is 11.3 Å². The van der Waals surface area contributed by atoms with Crippen LogP contribution in [0.25, 0.3) is 0 Å². The van der Waals surface area contributed by atoms with Crippen molar-refractivity contribution in [1.82, 2.24) is 4.90 Å². The maximum atomic E-state index is 12.5. The smallest absolute Gasteiger partial charge is 0.249 e. The molecule has 108 valence electrons. The maximum absolute atomic E-state index is 12.5. The standard InChI is InChI=1S/C16H22N2O2/c1-11(2)15(19)17-9-10-18(16(20)13(17)4)14-8-6-5-7-12(14)3/h5-8,11,13H,9-10H2,1-4H3/t13-/m1/s1. The fourth-order valence-corrected chi connectivity index (χ4v) is 2.61. The minimum Gasteiger partial charge on any atom is -0.329 e. The number of benzene rings is 1. The second-order valence-corrected chi connectivity index (χ2v) is 5.64. The summed E-state index contributed by atoms with van der Waals surface area (Å²) >= 11 is 0. The molecule has 4 nitrogen and oxygen atoms in total. The molecular weight excluding hydrogens is 252 g/mol. The van der Waals surface area contributed by atoms with Crippen LogP contribution in [0.5, 0.6) is 0 Å². The van der Waals surface area contributed by atoms with Crippen LogP contribution < -0.4 is 4.90 Å². The summed E-state index contributed by atoms with van der Waals surface area (Å²) in [5.74, 6) is -0.0231. The zero-order chi connectivity index (χ0) is 14.9.